The number of rotatable bonds is 5. The molecule has 0 bridgehead atoms. The van der Waals surface area contributed by atoms with E-state index in [1.807, 2.05) is 35.6 Å². The van der Waals surface area contributed by atoms with E-state index in [4.69, 9.17) is 11.6 Å². The van der Waals surface area contributed by atoms with Crippen LogP contribution in [0.5, 0.6) is 0 Å². The van der Waals surface area contributed by atoms with Gasteiger partial charge in [-0.05, 0) is 50.2 Å². The maximum absolute atomic E-state index is 5.92. The van der Waals surface area contributed by atoms with Crippen LogP contribution in [0.4, 0.5) is 15.7 Å². The molecule has 102 valence electrons. The second-order valence-electron chi connectivity index (χ2n) is 4.32. The van der Waals surface area contributed by atoms with Gasteiger partial charge in [-0.2, -0.15) is 0 Å². The van der Waals surface area contributed by atoms with Crippen LogP contribution in [0.1, 0.15) is 13.8 Å². The summed E-state index contributed by atoms with van der Waals surface area (Å²) in [6.45, 7) is 6.46. The average Bonchev–Trinajstić information content (AvgIpc) is 2.90. The third kappa shape index (κ3) is 3.23. The fourth-order valence-corrected chi connectivity index (χ4v) is 3.24. The molecule has 4 heteroatoms. The molecule has 0 radical (unpaired) electrons. The van der Waals surface area contributed by atoms with Crippen molar-refractivity contribution in [3.05, 3.63) is 41.4 Å². The molecule has 2 rings (SSSR count). The third-order valence-corrected chi connectivity index (χ3v) is 4.67. The fourth-order valence-electron chi connectivity index (χ4n) is 2.00. The van der Waals surface area contributed by atoms with Crippen LogP contribution >= 0.6 is 22.9 Å². The minimum absolute atomic E-state index is 0.771. The Balaban J connectivity index is 2.20. The van der Waals surface area contributed by atoms with Crippen molar-refractivity contribution in [3.8, 4) is 0 Å². The molecular weight excluding hydrogens is 276 g/mol. The van der Waals surface area contributed by atoms with E-state index < -0.39 is 0 Å². The SMILES string of the molecule is CCN(CC)c1ccc(N(C)c2ccc(Cl)cc2)s1. The van der Waals surface area contributed by atoms with E-state index in [-0.39, 0.29) is 0 Å². The van der Waals surface area contributed by atoms with Gasteiger partial charge in [-0.3, -0.25) is 0 Å². The van der Waals surface area contributed by atoms with Crippen LogP contribution in [-0.4, -0.2) is 20.1 Å². The molecule has 0 amide bonds. The predicted octanol–water partition coefficient (Wildman–Crippen LogP) is 5.02. The van der Waals surface area contributed by atoms with Gasteiger partial charge < -0.3 is 9.80 Å². The van der Waals surface area contributed by atoms with E-state index >= 15 is 0 Å². The molecule has 1 aromatic carbocycles. The number of thiophene rings is 1. The number of benzene rings is 1. The number of hydrogen-bond acceptors (Lipinski definition) is 3. The smallest absolute Gasteiger partial charge is 0.0972 e. The summed E-state index contributed by atoms with van der Waals surface area (Å²) in [5.74, 6) is 0. The standard InChI is InChI=1S/C15H19ClN2S/c1-4-18(5-2)15-11-10-14(19-15)17(3)13-8-6-12(16)7-9-13/h6-11H,4-5H2,1-3H3. The predicted molar refractivity (Wildman–Crippen MR) is 87.4 cm³/mol. The molecule has 1 heterocycles. The van der Waals surface area contributed by atoms with E-state index in [2.05, 4.69) is 42.8 Å². The van der Waals surface area contributed by atoms with Crippen molar-refractivity contribution in [1.82, 2.24) is 0 Å². The topological polar surface area (TPSA) is 6.48 Å². The van der Waals surface area contributed by atoms with Crippen LogP contribution in [0.15, 0.2) is 36.4 Å². The minimum atomic E-state index is 0.771. The summed E-state index contributed by atoms with van der Waals surface area (Å²) in [4.78, 5) is 4.55. The van der Waals surface area contributed by atoms with Gasteiger partial charge >= 0.3 is 0 Å². The summed E-state index contributed by atoms with van der Waals surface area (Å²) in [5.41, 5.74) is 1.15. The molecule has 0 unspecified atom stereocenters. The zero-order valence-corrected chi connectivity index (χ0v) is 13.1. The molecular formula is C15H19ClN2S. The van der Waals surface area contributed by atoms with Gasteiger partial charge in [-0.25, -0.2) is 0 Å². The Bertz CT molecular complexity index is 517. The lowest BCUT2D eigenvalue weighted by Gasteiger charge is -2.19. The molecule has 0 aliphatic rings. The first-order chi connectivity index (χ1) is 9.15. The molecule has 0 saturated carbocycles. The molecule has 0 N–H and O–H groups in total. The lowest BCUT2D eigenvalue weighted by atomic mass is 10.3. The lowest BCUT2D eigenvalue weighted by molar-refractivity contribution is 0.876. The third-order valence-electron chi connectivity index (χ3n) is 3.20. The van der Waals surface area contributed by atoms with Crippen molar-refractivity contribution in [3.63, 3.8) is 0 Å². The Kier molecular flexibility index (Phi) is 4.72. The zero-order chi connectivity index (χ0) is 13.8. The van der Waals surface area contributed by atoms with Crippen LogP contribution in [0.2, 0.25) is 5.02 Å². The average molecular weight is 295 g/mol. The number of anilines is 3. The summed E-state index contributed by atoms with van der Waals surface area (Å²) in [6.07, 6.45) is 0. The fraction of sp³-hybridized carbons (Fsp3) is 0.333. The molecule has 0 saturated heterocycles. The Morgan fingerprint density at radius 1 is 0.947 bits per heavy atom. The Hall–Kier alpha value is -1.19. The van der Waals surface area contributed by atoms with Crippen LogP contribution in [0, 0.1) is 0 Å². The summed E-state index contributed by atoms with van der Waals surface area (Å²) < 4.78 is 0. The number of nitrogens with zero attached hydrogens (tertiary/aromatic N) is 2. The molecule has 0 spiro atoms. The summed E-state index contributed by atoms with van der Waals surface area (Å²) in [6, 6.07) is 12.3. The highest BCUT2D eigenvalue weighted by Crippen LogP contribution is 2.35. The van der Waals surface area contributed by atoms with E-state index in [1.165, 1.54) is 10.0 Å². The molecule has 19 heavy (non-hydrogen) atoms. The molecule has 1 aromatic heterocycles. The van der Waals surface area contributed by atoms with Gasteiger partial charge in [0.1, 0.15) is 0 Å². The number of hydrogen-bond donors (Lipinski definition) is 0. The van der Waals surface area contributed by atoms with Crippen molar-refractivity contribution in [2.24, 2.45) is 0 Å². The summed E-state index contributed by atoms with van der Waals surface area (Å²) >= 11 is 7.74. The van der Waals surface area contributed by atoms with Gasteiger partial charge in [-0.15, -0.1) is 11.3 Å². The zero-order valence-electron chi connectivity index (χ0n) is 11.6. The normalized spacial score (nSPS) is 10.5. The maximum atomic E-state index is 5.92. The highest BCUT2D eigenvalue weighted by atomic mass is 35.5. The molecule has 2 aromatic rings. The lowest BCUT2D eigenvalue weighted by Crippen LogP contribution is -2.20. The molecule has 0 fully saturated rings. The van der Waals surface area contributed by atoms with Gasteiger partial charge in [0.05, 0.1) is 10.0 Å². The first-order valence-corrected chi connectivity index (χ1v) is 7.69. The summed E-state index contributed by atoms with van der Waals surface area (Å²) in [5, 5.41) is 3.33. The van der Waals surface area contributed by atoms with E-state index in [1.54, 1.807) is 0 Å². The molecule has 0 aliphatic heterocycles. The molecule has 2 nitrogen and oxygen atoms in total. The van der Waals surface area contributed by atoms with Crippen molar-refractivity contribution in [2.45, 2.75) is 13.8 Å². The largest absolute Gasteiger partial charge is 0.364 e. The van der Waals surface area contributed by atoms with Gasteiger partial charge in [0.25, 0.3) is 0 Å². The second kappa shape index (κ2) is 6.31. The first-order valence-electron chi connectivity index (χ1n) is 6.49. The first kappa shape index (κ1) is 14.2. The second-order valence-corrected chi connectivity index (χ2v) is 5.80. The molecule has 0 atom stereocenters. The van der Waals surface area contributed by atoms with Gasteiger partial charge in [0.15, 0.2) is 0 Å². The van der Waals surface area contributed by atoms with Crippen LogP contribution in [-0.2, 0) is 0 Å². The van der Waals surface area contributed by atoms with Gasteiger partial charge in [0.2, 0.25) is 0 Å². The van der Waals surface area contributed by atoms with Crippen LogP contribution in [0.25, 0.3) is 0 Å². The monoisotopic (exact) mass is 294 g/mol. The highest BCUT2D eigenvalue weighted by Gasteiger charge is 2.10. The van der Waals surface area contributed by atoms with E-state index in [9.17, 15) is 0 Å². The highest BCUT2D eigenvalue weighted by molar-refractivity contribution is 7.20. The Labute approximate surface area is 124 Å². The van der Waals surface area contributed by atoms with Crippen molar-refractivity contribution in [1.29, 1.82) is 0 Å². The van der Waals surface area contributed by atoms with E-state index in [0.29, 0.717) is 0 Å². The maximum Gasteiger partial charge on any atom is 0.0972 e. The Morgan fingerprint density at radius 3 is 2.11 bits per heavy atom. The quantitative estimate of drug-likeness (QED) is 0.764. The van der Waals surface area contributed by atoms with Crippen molar-refractivity contribution in [2.75, 3.05) is 29.9 Å². The van der Waals surface area contributed by atoms with Gasteiger partial charge in [-0.1, -0.05) is 11.6 Å². The number of halogens is 1. The summed E-state index contributed by atoms with van der Waals surface area (Å²) in [7, 11) is 2.08. The van der Waals surface area contributed by atoms with Gasteiger partial charge in [0, 0.05) is 30.8 Å². The minimum Gasteiger partial charge on any atom is -0.364 e. The van der Waals surface area contributed by atoms with E-state index in [0.717, 1.165) is 23.8 Å². The Morgan fingerprint density at radius 2 is 1.53 bits per heavy atom. The molecule has 0 aliphatic carbocycles. The van der Waals surface area contributed by atoms with Crippen molar-refractivity contribution >= 4 is 38.6 Å². The van der Waals surface area contributed by atoms with Crippen LogP contribution in [0.3, 0.4) is 0 Å². The van der Waals surface area contributed by atoms with Crippen molar-refractivity contribution < 1.29 is 0 Å². The van der Waals surface area contributed by atoms with Crippen LogP contribution < -0.4 is 9.80 Å².